The van der Waals surface area contributed by atoms with E-state index in [1.54, 1.807) is 19.4 Å². The van der Waals surface area contributed by atoms with E-state index in [9.17, 15) is 9.50 Å². The van der Waals surface area contributed by atoms with Crippen LogP contribution in [0, 0.1) is 5.82 Å². The van der Waals surface area contributed by atoms with Crippen LogP contribution in [0.15, 0.2) is 36.5 Å². The second kappa shape index (κ2) is 5.58. The minimum Gasteiger partial charge on any atom is -0.496 e. The molecule has 0 radical (unpaired) electrons. The number of ether oxygens (including phenoxy) is 1. The molecule has 5 nitrogen and oxygen atoms in total. The topological polar surface area (TPSA) is 70.2 Å². The van der Waals surface area contributed by atoms with Crippen molar-refractivity contribution in [2.75, 3.05) is 20.2 Å². The van der Waals surface area contributed by atoms with E-state index in [0.29, 0.717) is 29.9 Å². The lowest BCUT2D eigenvalue weighted by Gasteiger charge is -2.19. The number of aliphatic hydroxyl groups is 1. The zero-order valence-corrected chi connectivity index (χ0v) is 13.3. The van der Waals surface area contributed by atoms with Crippen molar-refractivity contribution < 1.29 is 14.2 Å². The van der Waals surface area contributed by atoms with Gasteiger partial charge < -0.3 is 20.1 Å². The molecule has 1 unspecified atom stereocenters. The van der Waals surface area contributed by atoms with Gasteiger partial charge in [0.1, 0.15) is 22.8 Å². The zero-order chi connectivity index (χ0) is 16.7. The Morgan fingerprint density at radius 1 is 1.25 bits per heavy atom. The Hall–Kier alpha value is -2.44. The zero-order valence-electron chi connectivity index (χ0n) is 13.3. The molecule has 0 amide bonds. The van der Waals surface area contributed by atoms with E-state index < -0.39 is 5.60 Å². The van der Waals surface area contributed by atoms with Crippen LogP contribution in [0.5, 0.6) is 5.75 Å². The van der Waals surface area contributed by atoms with Crippen molar-refractivity contribution in [2.45, 2.75) is 12.0 Å². The van der Waals surface area contributed by atoms with Crippen LogP contribution < -0.4 is 10.1 Å². The second-order valence-corrected chi connectivity index (χ2v) is 6.11. The molecule has 0 bridgehead atoms. The van der Waals surface area contributed by atoms with Crippen molar-refractivity contribution >= 4 is 11.0 Å². The molecule has 124 valence electrons. The number of rotatable bonds is 3. The molecule has 1 fully saturated rings. The quantitative estimate of drug-likeness (QED) is 0.691. The number of methoxy groups -OCH3 is 1. The second-order valence-electron chi connectivity index (χ2n) is 6.11. The summed E-state index contributed by atoms with van der Waals surface area (Å²) in [6, 6.07) is 8.16. The van der Waals surface area contributed by atoms with Crippen LogP contribution in [0.1, 0.15) is 12.1 Å². The van der Waals surface area contributed by atoms with E-state index in [0.717, 1.165) is 23.2 Å². The molecule has 2 aromatic heterocycles. The highest BCUT2D eigenvalue weighted by atomic mass is 19.1. The number of halogens is 1. The van der Waals surface area contributed by atoms with Crippen molar-refractivity contribution in [2.24, 2.45) is 0 Å². The molecule has 0 aliphatic carbocycles. The van der Waals surface area contributed by atoms with Crippen LogP contribution >= 0.6 is 0 Å². The van der Waals surface area contributed by atoms with Gasteiger partial charge in [-0.05, 0) is 48.9 Å². The van der Waals surface area contributed by atoms with Gasteiger partial charge in [-0.1, -0.05) is 0 Å². The van der Waals surface area contributed by atoms with E-state index in [1.807, 2.05) is 12.1 Å². The first-order chi connectivity index (χ1) is 11.6. The molecule has 1 atom stereocenters. The molecule has 1 aromatic carbocycles. The summed E-state index contributed by atoms with van der Waals surface area (Å²) < 4.78 is 19.1. The third-order valence-electron chi connectivity index (χ3n) is 4.62. The third-order valence-corrected chi connectivity index (χ3v) is 4.62. The van der Waals surface area contributed by atoms with E-state index in [2.05, 4.69) is 15.3 Å². The largest absolute Gasteiger partial charge is 0.496 e. The molecule has 1 aliphatic heterocycles. The van der Waals surface area contributed by atoms with Gasteiger partial charge in [-0.15, -0.1) is 0 Å². The molecule has 1 saturated heterocycles. The highest BCUT2D eigenvalue weighted by Gasteiger charge is 2.34. The van der Waals surface area contributed by atoms with Crippen molar-refractivity contribution in [3.05, 3.63) is 48.0 Å². The van der Waals surface area contributed by atoms with Crippen molar-refractivity contribution in [1.29, 1.82) is 0 Å². The minimum absolute atomic E-state index is 0.329. The Balaban J connectivity index is 1.91. The summed E-state index contributed by atoms with van der Waals surface area (Å²) in [6.07, 6.45) is 2.30. The van der Waals surface area contributed by atoms with E-state index >= 15 is 0 Å². The van der Waals surface area contributed by atoms with Gasteiger partial charge in [0.2, 0.25) is 0 Å². The number of nitrogens with zero attached hydrogens (tertiary/aromatic N) is 1. The molecule has 3 heterocycles. The fourth-order valence-electron chi connectivity index (χ4n) is 3.31. The lowest BCUT2D eigenvalue weighted by Crippen LogP contribution is -2.28. The van der Waals surface area contributed by atoms with Crippen LogP contribution in [0.3, 0.4) is 0 Å². The number of pyridine rings is 1. The Kier molecular flexibility index (Phi) is 3.51. The Bertz CT molecular complexity index is 900. The molecule has 3 N–H and O–H groups in total. The highest BCUT2D eigenvalue weighted by molar-refractivity contribution is 5.95. The summed E-state index contributed by atoms with van der Waals surface area (Å²) in [5, 5.41) is 14.8. The van der Waals surface area contributed by atoms with Gasteiger partial charge in [-0.3, -0.25) is 0 Å². The fraction of sp³-hybridized carbons (Fsp3) is 0.278. The summed E-state index contributed by atoms with van der Waals surface area (Å²) in [5.41, 5.74) is 1.93. The Morgan fingerprint density at radius 2 is 2.12 bits per heavy atom. The first-order valence-electron chi connectivity index (χ1n) is 7.86. The Labute approximate surface area is 138 Å². The molecule has 0 spiro atoms. The molecule has 6 heteroatoms. The lowest BCUT2D eigenvalue weighted by molar-refractivity contribution is 0.0549. The fourth-order valence-corrected chi connectivity index (χ4v) is 3.31. The van der Waals surface area contributed by atoms with Crippen molar-refractivity contribution in [1.82, 2.24) is 15.3 Å². The van der Waals surface area contributed by atoms with Crippen LogP contribution in [0.25, 0.3) is 22.2 Å². The van der Waals surface area contributed by atoms with E-state index in [1.165, 1.54) is 12.1 Å². The number of β-amino-alcohol motifs (C(OH)–C–C–N with tert-alkyl or cyclic N) is 1. The van der Waals surface area contributed by atoms with Gasteiger partial charge in [-0.25, -0.2) is 9.37 Å². The highest BCUT2D eigenvalue weighted by Crippen LogP contribution is 2.37. The predicted octanol–water partition coefficient (Wildman–Crippen LogP) is 2.56. The third kappa shape index (κ3) is 2.35. The molecule has 1 aliphatic rings. The maximum Gasteiger partial charge on any atom is 0.138 e. The maximum atomic E-state index is 13.8. The number of hydrogen-bond acceptors (Lipinski definition) is 4. The first-order valence-corrected chi connectivity index (χ1v) is 7.86. The molecule has 4 rings (SSSR count). The number of nitrogens with one attached hydrogen (secondary N) is 2. The molecule has 0 saturated carbocycles. The van der Waals surface area contributed by atoms with Gasteiger partial charge in [0.05, 0.1) is 12.8 Å². The molecular weight excluding hydrogens is 309 g/mol. The minimum atomic E-state index is -0.927. The number of aromatic nitrogens is 2. The summed E-state index contributed by atoms with van der Waals surface area (Å²) in [4.78, 5) is 7.55. The summed E-state index contributed by atoms with van der Waals surface area (Å²) >= 11 is 0. The standard InChI is InChI=1S/C18H18FN3O2/c1-24-15-3-2-11(19)8-13(15)12-4-6-21-17-14(12)9-16(22-17)18(23)5-7-20-10-18/h2-4,6,8-9,20,23H,5,7,10H2,1H3,(H,21,22). The SMILES string of the molecule is COc1ccc(F)cc1-c1ccnc2[nH]c(C3(O)CCNC3)cc12. The average Bonchev–Trinajstić information content (AvgIpc) is 3.21. The number of hydrogen-bond donors (Lipinski definition) is 3. The smallest absolute Gasteiger partial charge is 0.138 e. The number of fused-ring (bicyclic) bond motifs is 1. The summed E-state index contributed by atoms with van der Waals surface area (Å²) in [6.45, 7) is 1.27. The Morgan fingerprint density at radius 3 is 2.88 bits per heavy atom. The van der Waals surface area contributed by atoms with Crippen molar-refractivity contribution in [3.8, 4) is 16.9 Å². The molecule has 24 heavy (non-hydrogen) atoms. The van der Waals surface area contributed by atoms with Crippen LogP contribution in [-0.4, -0.2) is 35.3 Å². The van der Waals surface area contributed by atoms with E-state index in [4.69, 9.17) is 4.74 Å². The number of benzene rings is 1. The van der Waals surface area contributed by atoms with Crippen molar-refractivity contribution in [3.63, 3.8) is 0 Å². The maximum absolute atomic E-state index is 13.8. The number of H-pyrrole nitrogens is 1. The first kappa shape index (κ1) is 15.1. The predicted molar refractivity (Wildman–Crippen MR) is 89.4 cm³/mol. The monoisotopic (exact) mass is 327 g/mol. The van der Waals surface area contributed by atoms with Gasteiger partial charge in [-0.2, -0.15) is 0 Å². The van der Waals surface area contributed by atoms with Crippen LogP contribution in [-0.2, 0) is 5.60 Å². The van der Waals surface area contributed by atoms with E-state index in [-0.39, 0.29) is 5.82 Å². The van der Waals surface area contributed by atoms with Gasteiger partial charge in [0, 0.05) is 23.7 Å². The summed E-state index contributed by atoms with van der Waals surface area (Å²) in [5.74, 6) is 0.262. The molecular formula is C18H18FN3O2. The normalized spacial score (nSPS) is 20.6. The van der Waals surface area contributed by atoms with Crippen LogP contribution in [0.4, 0.5) is 4.39 Å². The van der Waals surface area contributed by atoms with Gasteiger partial charge in [0.15, 0.2) is 0 Å². The molecule has 3 aromatic rings. The summed E-state index contributed by atoms with van der Waals surface area (Å²) in [7, 11) is 1.56. The van der Waals surface area contributed by atoms with Gasteiger partial charge >= 0.3 is 0 Å². The van der Waals surface area contributed by atoms with Gasteiger partial charge in [0.25, 0.3) is 0 Å². The lowest BCUT2D eigenvalue weighted by atomic mass is 9.97. The average molecular weight is 327 g/mol. The number of aromatic amines is 1. The van der Waals surface area contributed by atoms with Crippen LogP contribution in [0.2, 0.25) is 0 Å².